The summed E-state index contributed by atoms with van der Waals surface area (Å²) in [6, 6.07) is 5.74. The van der Waals surface area contributed by atoms with Crippen molar-refractivity contribution in [2.24, 2.45) is 0 Å². The molecule has 1 aromatic rings. The number of imide groups is 1. The van der Waals surface area contributed by atoms with Crippen molar-refractivity contribution in [3.8, 4) is 0 Å². The van der Waals surface area contributed by atoms with Crippen molar-refractivity contribution in [2.75, 3.05) is 24.5 Å². The number of fused-ring (bicyclic) bond motifs is 1. The van der Waals surface area contributed by atoms with Crippen LogP contribution in [0.15, 0.2) is 24.4 Å². The summed E-state index contributed by atoms with van der Waals surface area (Å²) in [5.41, 5.74) is -0.551. The lowest BCUT2D eigenvalue weighted by Crippen LogP contribution is -2.46. The van der Waals surface area contributed by atoms with Gasteiger partial charge in [-0.3, -0.25) is 9.69 Å². The van der Waals surface area contributed by atoms with Crippen molar-refractivity contribution >= 4 is 17.8 Å². The maximum atomic E-state index is 13.2. The Balaban J connectivity index is 1.55. The fourth-order valence-corrected chi connectivity index (χ4v) is 4.62. The van der Waals surface area contributed by atoms with E-state index in [9.17, 15) is 9.59 Å². The van der Waals surface area contributed by atoms with Crippen LogP contribution in [0.5, 0.6) is 0 Å². The van der Waals surface area contributed by atoms with Gasteiger partial charge < -0.3 is 9.80 Å². The standard InChI is InChI=1S/C18H24N4O2/c1-2-8-18-9-5-11-21(18)17(24)22(16(18)23)14-7-12-20(13-14)15-6-3-4-10-19-15/h3-4,6,10,14H,2,5,7-9,11-13H2,1H3. The highest BCUT2D eigenvalue weighted by atomic mass is 16.2. The molecule has 3 fully saturated rings. The van der Waals surface area contributed by atoms with Gasteiger partial charge in [0.15, 0.2) is 0 Å². The first kappa shape index (κ1) is 15.4. The van der Waals surface area contributed by atoms with Gasteiger partial charge >= 0.3 is 6.03 Å². The van der Waals surface area contributed by atoms with Gasteiger partial charge in [-0.25, -0.2) is 9.78 Å². The van der Waals surface area contributed by atoms with Gasteiger partial charge in [0.2, 0.25) is 0 Å². The number of pyridine rings is 1. The van der Waals surface area contributed by atoms with E-state index in [1.807, 2.05) is 23.1 Å². The monoisotopic (exact) mass is 328 g/mol. The number of rotatable bonds is 4. The summed E-state index contributed by atoms with van der Waals surface area (Å²) in [5, 5.41) is 0. The third kappa shape index (κ3) is 2.12. The first-order valence-corrected chi connectivity index (χ1v) is 8.98. The number of urea groups is 1. The predicted octanol–water partition coefficient (Wildman–Crippen LogP) is 2.26. The zero-order valence-corrected chi connectivity index (χ0v) is 14.1. The molecule has 3 aliphatic rings. The topological polar surface area (TPSA) is 56.8 Å². The third-order valence-corrected chi connectivity index (χ3v) is 5.71. The number of aromatic nitrogens is 1. The van der Waals surface area contributed by atoms with Crippen molar-refractivity contribution in [2.45, 2.75) is 50.6 Å². The summed E-state index contributed by atoms with van der Waals surface area (Å²) < 4.78 is 0. The van der Waals surface area contributed by atoms with E-state index < -0.39 is 5.54 Å². The highest BCUT2D eigenvalue weighted by Crippen LogP contribution is 2.42. The molecule has 0 bridgehead atoms. The lowest BCUT2D eigenvalue weighted by atomic mass is 9.90. The van der Waals surface area contributed by atoms with Gasteiger partial charge in [-0.2, -0.15) is 0 Å². The molecule has 2 atom stereocenters. The lowest BCUT2D eigenvalue weighted by Gasteiger charge is -2.27. The van der Waals surface area contributed by atoms with E-state index in [2.05, 4.69) is 16.8 Å². The van der Waals surface area contributed by atoms with E-state index in [0.717, 1.165) is 51.0 Å². The number of nitrogens with zero attached hydrogens (tertiary/aromatic N) is 4. The molecule has 24 heavy (non-hydrogen) atoms. The largest absolute Gasteiger partial charge is 0.354 e. The molecule has 1 aromatic heterocycles. The normalized spacial score (nSPS) is 29.7. The average molecular weight is 328 g/mol. The van der Waals surface area contributed by atoms with Crippen molar-refractivity contribution in [3.63, 3.8) is 0 Å². The number of hydrogen-bond acceptors (Lipinski definition) is 4. The van der Waals surface area contributed by atoms with Crippen molar-refractivity contribution in [1.29, 1.82) is 0 Å². The summed E-state index contributed by atoms with van der Waals surface area (Å²) in [5.74, 6) is 0.961. The first-order chi connectivity index (χ1) is 11.7. The van der Waals surface area contributed by atoms with E-state index >= 15 is 0 Å². The van der Waals surface area contributed by atoms with Crippen LogP contribution in [0.25, 0.3) is 0 Å². The highest BCUT2D eigenvalue weighted by molar-refractivity contribution is 6.07. The molecule has 3 aliphatic heterocycles. The summed E-state index contributed by atoms with van der Waals surface area (Å²) in [7, 11) is 0. The van der Waals surface area contributed by atoms with Gasteiger partial charge in [-0.05, 0) is 37.8 Å². The minimum atomic E-state index is -0.551. The quantitative estimate of drug-likeness (QED) is 0.796. The minimum Gasteiger partial charge on any atom is -0.354 e. The summed E-state index contributed by atoms with van der Waals surface area (Å²) >= 11 is 0. The zero-order valence-electron chi connectivity index (χ0n) is 14.1. The Bertz CT molecular complexity index is 650. The van der Waals surface area contributed by atoms with E-state index in [1.54, 1.807) is 11.1 Å². The van der Waals surface area contributed by atoms with E-state index in [-0.39, 0.29) is 18.0 Å². The smallest absolute Gasteiger partial charge is 0.327 e. The molecule has 4 rings (SSSR count). The number of anilines is 1. The summed E-state index contributed by atoms with van der Waals surface area (Å²) in [6.07, 6.45) is 6.07. The van der Waals surface area contributed by atoms with Crippen LogP contribution in [0.4, 0.5) is 10.6 Å². The van der Waals surface area contributed by atoms with E-state index in [1.165, 1.54) is 0 Å². The van der Waals surface area contributed by atoms with Crippen LogP contribution in [0, 0.1) is 0 Å². The molecule has 128 valence electrons. The third-order valence-electron chi connectivity index (χ3n) is 5.71. The molecule has 3 saturated heterocycles. The van der Waals surface area contributed by atoms with Gasteiger partial charge in [0.1, 0.15) is 11.4 Å². The van der Waals surface area contributed by atoms with Crippen LogP contribution < -0.4 is 4.90 Å². The minimum absolute atomic E-state index is 0.0358. The Labute approximate surface area is 142 Å². The molecule has 0 spiro atoms. The summed E-state index contributed by atoms with van der Waals surface area (Å²) in [4.78, 5) is 36.0. The van der Waals surface area contributed by atoms with Gasteiger partial charge in [-0.1, -0.05) is 19.4 Å². The van der Waals surface area contributed by atoms with Gasteiger partial charge in [-0.15, -0.1) is 0 Å². The van der Waals surface area contributed by atoms with Crippen LogP contribution >= 0.6 is 0 Å². The Morgan fingerprint density at radius 3 is 2.92 bits per heavy atom. The maximum Gasteiger partial charge on any atom is 0.327 e. The van der Waals surface area contributed by atoms with Crippen LogP contribution in [-0.4, -0.2) is 57.9 Å². The average Bonchev–Trinajstić information content (AvgIpc) is 3.27. The Hall–Kier alpha value is -2.11. The Morgan fingerprint density at radius 2 is 2.17 bits per heavy atom. The second-order valence-electron chi connectivity index (χ2n) is 7.07. The molecule has 2 unspecified atom stereocenters. The number of hydrogen-bond donors (Lipinski definition) is 0. The lowest BCUT2D eigenvalue weighted by molar-refractivity contribution is -0.134. The van der Waals surface area contributed by atoms with Crippen molar-refractivity contribution in [3.05, 3.63) is 24.4 Å². The molecule has 4 heterocycles. The zero-order chi connectivity index (χ0) is 16.7. The predicted molar refractivity (Wildman–Crippen MR) is 90.7 cm³/mol. The second kappa shape index (κ2) is 5.76. The number of amides is 3. The van der Waals surface area contributed by atoms with Gasteiger partial charge in [0.05, 0.1) is 6.04 Å². The molecule has 0 saturated carbocycles. The van der Waals surface area contributed by atoms with Crippen molar-refractivity contribution < 1.29 is 9.59 Å². The molecule has 3 amide bonds. The van der Waals surface area contributed by atoms with Crippen LogP contribution in [0.1, 0.15) is 39.0 Å². The molecule has 6 nitrogen and oxygen atoms in total. The Kier molecular flexibility index (Phi) is 3.70. The highest BCUT2D eigenvalue weighted by Gasteiger charge is 2.60. The van der Waals surface area contributed by atoms with E-state index in [4.69, 9.17) is 0 Å². The number of carbonyl (C=O) groups is 2. The molecular formula is C18H24N4O2. The van der Waals surface area contributed by atoms with Crippen LogP contribution in [0.2, 0.25) is 0 Å². The fourth-order valence-electron chi connectivity index (χ4n) is 4.62. The molecule has 0 N–H and O–H groups in total. The van der Waals surface area contributed by atoms with Crippen molar-refractivity contribution in [1.82, 2.24) is 14.8 Å². The molecule has 6 heteroatoms. The fraction of sp³-hybridized carbons (Fsp3) is 0.611. The molecule has 0 aromatic carbocycles. The number of carbonyl (C=O) groups excluding carboxylic acids is 2. The first-order valence-electron chi connectivity index (χ1n) is 8.98. The Morgan fingerprint density at radius 1 is 1.29 bits per heavy atom. The van der Waals surface area contributed by atoms with Crippen LogP contribution in [-0.2, 0) is 4.79 Å². The second-order valence-corrected chi connectivity index (χ2v) is 7.07. The molecular weight excluding hydrogens is 304 g/mol. The van der Waals surface area contributed by atoms with Gasteiger partial charge in [0.25, 0.3) is 5.91 Å². The van der Waals surface area contributed by atoms with Gasteiger partial charge in [0, 0.05) is 25.8 Å². The van der Waals surface area contributed by atoms with E-state index in [0.29, 0.717) is 6.54 Å². The maximum absolute atomic E-state index is 13.2. The van der Waals surface area contributed by atoms with Crippen LogP contribution in [0.3, 0.4) is 0 Å². The summed E-state index contributed by atoms with van der Waals surface area (Å²) in [6.45, 7) is 4.33. The SMILES string of the molecule is CCCC12CCCN1C(=O)N(C1CCN(c3ccccn3)C1)C2=O. The molecule has 0 radical (unpaired) electrons. The molecule has 0 aliphatic carbocycles.